The molecule has 328 valence electrons. The number of ether oxygens (including phenoxy) is 2. The number of pyridine rings is 2. The van der Waals surface area contributed by atoms with Gasteiger partial charge < -0.3 is 40.4 Å². The number of phenols is 1. The number of aromatic nitrogens is 5. The van der Waals surface area contributed by atoms with E-state index in [2.05, 4.69) is 36.2 Å². The summed E-state index contributed by atoms with van der Waals surface area (Å²) in [6.45, 7) is 1.41. The average Bonchev–Trinajstić information content (AvgIpc) is 3.67. The van der Waals surface area contributed by atoms with Gasteiger partial charge in [0.2, 0.25) is 29.4 Å². The van der Waals surface area contributed by atoms with Gasteiger partial charge in [0.15, 0.2) is 0 Å². The second kappa shape index (κ2) is 17.9. The number of Topliss-reactive ketones (excluding diaryl/α,β-unsaturated/α-hetero) is 1. The number of fused-ring (bicyclic) bond motifs is 6. The lowest BCUT2D eigenvalue weighted by Crippen LogP contribution is -2.48. The van der Waals surface area contributed by atoms with Crippen LogP contribution < -0.4 is 26.8 Å². The molecule has 0 bridgehead atoms. The van der Waals surface area contributed by atoms with Crippen molar-refractivity contribution in [1.82, 2.24) is 29.8 Å². The molecule has 0 unspecified atom stereocenters. The number of hydrogen-bond donors (Lipinski definition) is 5. The maximum absolute atomic E-state index is 13.8. The van der Waals surface area contributed by atoms with Gasteiger partial charge in [-0.15, -0.1) is 0 Å². The minimum atomic E-state index is -1.92. The number of ketones is 1. The predicted molar refractivity (Wildman–Crippen MR) is 242 cm³/mol. The lowest BCUT2D eigenvalue weighted by molar-refractivity contribution is -0.189. The van der Waals surface area contributed by atoms with E-state index in [0.29, 0.717) is 36.6 Å². The summed E-state index contributed by atoms with van der Waals surface area (Å²) < 4.78 is 12.8. The van der Waals surface area contributed by atoms with E-state index in [1.165, 1.54) is 6.07 Å². The Morgan fingerprint density at radius 2 is 1.57 bits per heavy atom. The van der Waals surface area contributed by atoms with Crippen LogP contribution in [0.5, 0.6) is 5.75 Å². The van der Waals surface area contributed by atoms with Gasteiger partial charge in [-0.3, -0.25) is 19.2 Å². The molecule has 0 aliphatic carbocycles. The van der Waals surface area contributed by atoms with E-state index in [1.807, 2.05) is 72.8 Å². The second-order valence-electron chi connectivity index (χ2n) is 15.7. The van der Waals surface area contributed by atoms with Crippen molar-refractivity contribution in [3.05, 3.63) is 130 Å². The Balaban J connectivity index is 0.786. The van der Waals surface area contributed by atoms with E-state index in [9.17, 15) is 29.1 Å². The van der Waals surface area contributed by atoms with Crippen molar-refractivity contribution in [3.8, 4) is 17.1 Å². The number of anilines is 5. The summed E-state index contributed by atoms with van der Waals surface area (Å²) in [5, 5.41) is 24.9. The number of benzene rings is 4. The first kappa shape index (κ1) is 42.1. The highest BCUT2D eigenvalue weighted by Crippen LogP contribution is 2.41. The summed E-state index contributed by atoms with van der Waals surface area (Å²) in [5.41, 5.74) is 2.21. The molecule has 0 radical (unpaired) electrons. The van der Waals surface area contributed by atoms with Crippen molar-refractivity contribution in [2.45, 2.75) is 57.8 Å². The molecule has 17 nitrogen and oxygen atoms in total. The number of esters is 2. The van der Waals surface area contributed by atoms with Crippen LogP contribution in [-0.2, 0) is 47.4 Å². The maximum atomic E-state index is 13.8. The van der Waals surface area contributed by atoms with Gasteiger partial charge in [-0.05, 0) is 54.6 Å². The van der Waals surface area contributed by atoms with E-state index in [1.54, 1.807) is 35.8 Å². The number of phenolic OH excluding ortho intramolecular Hbond substituents is 1. The Kier molecular flexibility index (Phi) is 11.6. The molecule has 4 aromatic carbocycles. The lowest BCUT2D eigenvalue weighted by atomic mass is 9.85. The van der Waals surface area contributed by atoms with Crippen LogP contribution in [0.2, 0.25) is 0 Å². The smallest absolute Gasteiger partial charge is 0.355 e. The molecule has 5 heterocycles. The highest BCUT2D eigenvalue weighted by molar-refractivity contribution is 5.95. The summed E-state index contributed by atoms with van der Waals surface area (Å²) in [7, 11) is 0. The predicted octanol–water partition coefficient (Wildman–Crippen LogP) is 6.52. The van der Waals surface area contributed by atoms with Crippen LogP contribution in [0.3, 0.4) is 0 Å². The van der Waals surface area contributed by atoms with Crippen molar-refractivity contribution in [1.29, 1.82) is 0 Å². The first-order valence-electron chi connectivity index (χ1n) is 21.2. The molecule has 2 aliphatic rings. The molecule has 65 heavy (non-hydrogen) atoms. The number of cyclic esters (lactones) is 1. The number of para-hydroxylation sites is 1. The number of nitrogens with zero attached hydrogens (tertiary/aromatic N) is 5. The zero-order valence-corrected chi connectivity index (χ0v) is 35.2. The fourth-order valence-corrected chi connectivity index (χ4v) is 8.17. The molecule has 1 atom stereocenters. The van der Waals surface area contributed by atoms with Gasteiger partial charge in [0.25, 0.3) is 5.56 Å². The van der Waals surface area contributed by atoms with E-state index in [0.717, 1.165) is 32.9 Å². The van der Waals surface area contributed by atoms with Crippen LogP contribution in [0, 0.1) is 0 Å². The molecular formula is C48H43N9O8. The lowest BCUT2D eigenvalue weighted by Gasteiger charge is -2.35. The molecular weight excluding hydrogens is 831 g/mol. The van der Waals surface area contributed by atoms with Gasteiger partial charge in [-0.2, -0.15) is 15.0 Å². The molecule has 1 amide bonds. The van der Waals surface area contributed by atoms with Crippen LogP contribution >= 0.6 is 0 Å². The zero-order chi connectivity index (χ0) is 45.1. The Morgan fingerprint density at radius 3 is 2.40 bits per heavy atom. The quantitative estimate of drug-likeness (QED) is 0.0514. The molecule has 0 spiro atoms. The van der Waals surface area contributed by atoms with E-state index in [-0.39, 0.29) is 78.4 Å². The van der Waals surface area contributed by atoms with E-state index >= 15 is 0 Å². The third kappa shape index (κ3) is 8.75. The van der Waals surface area contributed by atoms with E-state index < -0.39 is 30.0 Å². The molecule has 5 N–H and O–H groups in total. The number of aromatic hydroxyl groups is 1. The molecule has 9 rings (SSSR count). The molecule has 0 saturated carbocycles. The van der Waals surface area contributed by atoms with E-state index in [4.69, 9.17) is 14.5 Å². The monoisotopic (exact) mass is 873 g/mol. The number of carbonyl (C=O) groups is 4. The third-order valence-electron chi connectivity index (χ3n) is 11.4. The Morgan fingerprint density at radius 1 is 0.815 bits per heavy atom. The minimum Gasteiger partial charge on any atom is -0.508 e. The van der Waals surface area contributed by atoms with Crippen LogP contribution in [-0.4, -0.2) is 66.3 Å². The number of rotatable bonds is 16. The van der Waals surface area contributed by atoms with Crippen molar-refractivity contribution >= 4 is 74.5 Å². The summed E-state index contributed by atoms with van der Waals surface area (Å²) in [5.74, 6) is -1.67. The summed E-state index contributed by atoms with van der Waals surface area (Å²) in [6, 6.07) is 31.6. The topological polar surface area (TPSA) is 229 Å². The standard InChI is InChI=1S/C48H43N9O8/c1-2-48(36-24-39-42-30(22-29-11-4-6-17-37(29)52-42)26-57(39)43(62)35(36)27-64-44(48)63)65-41(61)25-50-40(60)20-19-32(58)15-9-21-49-45-54-46(51-31-13-8-14-33(59)23-31)56-47(55-45)53-38-18-7-12-28-10-3-5-16-34(28)38/h3-8,10-14,16-18,22-24,59H,2,9,15,19-21,25-27H2,1H3,(H,50,60)(H3,49,51,53,54,55,56)/t48-/m0/s1. The van der Waals surface area contributed by atoms with Crippen LogP contribution in [0.4, 0.5) is 29.2 Å². The summed E-state index contributed by atoms with van der Waals surface area (Å²) in [4.78, 5) is 84.5. The Labute approximate surface area is 371 Å². The molecule has 2 aliphatic heterocycles. The summed E-state index contributed by atoms with van der Waals surface area (Å²) >= 11 is 0. The van der Waals surface area contributed by atoms with Crippen molar-refractivity contribution in [2.75, 3.05) is 29.0 Å². The van der Waals surface area contributed by atoms with Crippen LogP contribution in [0.25, 0.3) is 33.1 Å². The maximum Gasteiger partial charge on any atom is 0.355 e. The molecule has 7 aromatic rings. The van der Waals surface area contributed by atoms with Gasteiger partial charge in [-0.25, -0.2) is 9.78 Å². The van der Waals surface area contributed by atoms with Gasteiger partial charge in [0.05, 0.1) is 29.0 Å². The number of hydrogen-bond acceptors (Lipinski definition) is 15. The molecule has 3 aromatic heterocycles. The molecule has 17 heteroatoms. The number of nitrogens with one attached hydrogen (secondary N) is 4. The number of carbonyl (C=O) groups excluding carboxylic acids is 4. The SMILES string of the molecule is CC[C@@]1(OC(=O)CNC(=O)CCC(=O)CCCNc2nc(Nc3cccc(O)c3)nc(Nc3cccc4ccccc34)n2)C(=O)OCc2c1cc1n(c2=O)Cc2cc3ccccc3nc2-1. The minimum absolute atomic E-state index is 0.0314. The molecule has 0 saturated heterocycles. The van der Waals surface area contributed by atoms with Gasteiger partial charge in [0.1, 0.15) is 24.7 Å². The fourth-order valence-electron chi connectivity index (χ4n) is 8.17. The highest BCUT2D eigenvalue weighted by atomic mass is 16.6. The van der Waals surface area contributed by atoms with Gasteiger partial charge in [0, 0.05) is 65.1 Å². The zero-order valence-electron chi connectivity index (χ0n) is 35.2. The van der Waals surface area contributed by atoms with Crippen molar-refractivity contribution < 1.29 is 33.8 Å². The first-order chi connectivity index (χ1) is 31.6. The van der Waals surface area contributed by atoms with Crippen LogP contribution in [0.1, 0.15) is 55.7 Å². The average molecular weight is 874 g/mol. The molecule has 0 fully saturated rings. The second-order valence-corrected chi connectivity index (χ2v) is 15.7. The normalized spacial score (nSPS) is 14.8. The highest BCUT2D eigenvalue weighted by Gasteiger charge is 2.50. The number of amides is 1. The summed E-state index contributed by atoms with van der Waals surface area (Å²) in [6.07, 6.45) is 0.289. The Bertz CT molecular complexity index is 3100. The van der Waals surface area contributed by atoms with Crippen molar-refractivity contribution in [2.24, 2.45) is 0 Å². The van der Waals surface area contributed by atoms with Crippen LogP contribution in [0.15, 0.2) is 108 Å². The largest absolute Gasteiger partial charge is 0.508 e. The van der Waals surface area contributed by atoms with Crippen molar-refractivity contribution in [3.63, 3.8) is 0 Å². The Hall–Kier alpha value is -8.21. The van der Waals surface area contributed by atoms with Gasteiger partial charge in [-0.1, -0.05) is 67.6 Å². The third-order valence-corrected chi connectivity index (χ3v) is 11.4. The van der Waals surface area contributed by atoms with Gasteiger partial charge >= 0.3 is 11.9 Å². The fraction of sp³-hybridized carbons (Fsp3) is 0.229. The first-order valence-corrected chi connectivity index (χ1v) is 21.2.